The molecule has 0 saturated heterocycles. The quantitative estimate of drug-likeness (QED) is 0.121. The zero-order chi connectivity index (χ0) is 34.4. The fraction of sp³-hybridized carbons (Fsp3) is 0.500. The summed E-state index contributed by atoms with van der Waals surface area (Å²) in [7, 11) is 1.48. The van der Waals surface area contributed by atoms with E-state index < -0.39 is 42.5 Å². The Morgan fingerprint density at radius 3 is 2.40 bits per heavy atom. The Labute approximate surface area is 290 Å². The normalized spacial score (nSPS) is 17.8. The van der Waals surface area contributed by atoms with E-state index in [4.69, 9.17) is 37.8 Å². The largest absolute Gasteiger partial charge is 0.490 e. The van der Waals surface area contributed by atoms with Gasteiger partial charge in [-0.25, -0.2) is 0 Å². The number of aliphatic hydroxyl groups excluding tert-OH is 5. The van der Waals surface area contributed by atoms with Crippen molar-refractivity contribution in [2.24, 2.45) is 0 Å². The summed E-state index contributed by atoms with van der Waals surface area (Å²) in [6.45, 7) is -0.212. The van der Waals surface area contributed by atoms with Crippen molar-refractivity contribution in [2.75, 3.05) is 20.2 Å². The van der Waals surface area contributed by atoms with Gasteiger partial charge in [-0.2, -0.15) is 0 Å². The predicted molar refractivity (Wildman–Crippen MR) is 182 cm³/mol. The number of nitrogens with zero attached hydrogens (tertiary/aromatic N) is 2. The molecule has 260 valence electrons. The van der Waals surface area contributed by atoms with Crippen molar-refractivity contribution in [3.63, 3.8) is 0 Å². The van der Waals surface area contributed by atoms with Gasteiger partial charge in [0, 0.05) is 47.2 Å². The lowest BCUT2D eigenvalue weighted by Crippen LogP contribution is -2.52. The number of ether oxygens (including phenoxy) is 2. The van der Waals surface area contributed by atoms with E-state index in [0.717, 1.165) is 72.1 Å². The molecule has 0 aliphatic heterocycles. The Kier molecular flexibility index (Phi) is 12.4. The van der Waals surface area contributed by atoms with Gasteiger partial charge in [-0.3, -0.25) is 9.78 Å². The van der Waals surface area contributed by atoms with E-state index in [9.17, 15) is 25.2 Å². The number of rotatable bonds is 18. The molecule has 4 atom stereocenters. The van der Waals surface area contributed by atoms with E-state index >= 15 is 0 Å². The van der Waals surface area contributed by atoms with Crippen molar-refractivity contribution in [1.29, 1.82) is 0 Å². The molecule has 5 N–H and O–H groups in total. The third kappa shape index (κ3) is 8.86. The number of hydrogen-bond donors (Lipinski definition) is 5. The number of pyridine rings is 1. The van der Waals surface area contributed by atoms with Gasteiger partial charge in [-0.1, -0.05) is 47.8 Å². The number of likely N-dealkylation sites (N-methyl/N-ethyl adjacent to an activating group) is 1. The van der Waals surface area contributed by atoms with Gasteiger partial charge < -0.3 is 39.9 Å². The van der Waals surface area contributed by atoms with Gasteiger partial charge in [0.05, 0.1) is 24.9 Å². The molecule has 2 fully saturated rings. The number of carbonyl (C=O) groups is 1. The summed E-state index contributed by atoms with van der Waals surface area (Å²) in [5.74, 6) is 0.0832. The molecule has 48 heavy (non-hydrogen) atoms. The zero-order valence-corrected chi connectivity index (χ0v) is 28.5. The van der Waals surface area contributed by atoms with E-state index in [0.29, 0.717) is 36.0 Å². The third-order valence-corrected chi connectivity index (χ3v) is 9.76. The van der Waals surface area contributed by atoms with Crippen molar-refractivity contribution in [3.05, 3.63) is 81.6 Å². The predicted octanol–water partition coefficient (Wildman–Crippen LogP) is 4.41. The first kappa shape index (κ1) is 36.5. The molecule has 1 aromatic heterocycles. The first-order chi connectivity index (χ1) is 23.0. The summed E-state index contributed by atoms with van der Waals surface area (Å²) in [6.07, 6.45) is 3.32. The van der Waals surface area contributed by atoms with Gasteiger partial charge in [0.25, 0.3) is 5.91 Å². The lowest BCUT2D eigenvalue weighted by molar-refractivity contribution is -0.157. The summed E-state index contributed by atoms with van der Waals surface area (Å²) >= 11 is 13.4. The lowest BCUT2D eigenvalue weighted by atomic mass is 9.96. The minimum absolute atomic E-state index is 0.285. The number of amides is 1. The van der Waals surface area contributed by atoms with Crippen molar-refractivity contribution in [1.82, 2.24) is 9.88 Å². The van der Waals surface area contributed by atoms with Crippen LogP contribution in [0.25, 0.3) is 11.1 Å². The number of para-hydroxylation sites is 1. The number of aryl methyl sites for hydroxylation is 1. The number of carbonyl (C=O) groups excluding carboxylic acids is 1. The topological polar surface area (TPSA) is 153 Å². The van der Waals surface area contributed by atoms with Gasteiger partial charge in [0.2, 0.25) is 0 Å². The minimum Gasteiger partial charge on any atom is -0.490 e. The highest BCUT2D eigenvalue weighted by atomic mass is 35.5. The van der Waals surface area contributed by atoms with Crippen LogP contribution in [0.3, 0.4) is 0 Å². The van der Waals surface area contributed by atoms with Gasteiger partial charge in [0.1, 0.15) is 24.1 Å². The molecule has 2 saturated carbocycles. The van der Waals surface area contributed by atoms with Crippen LogP contribution in [-0.2, 0) is 28.2 Å². The Morgan fingerprint density at radius 1 is 0.979 bits per heavy atom. The van der Waals surface area contributed by atoms with Crippen LogP contribution in [-0.4, -0.2) is 92.0 Å². The molecule has 0 spiro atoms. The molecule has 1 amide bonds. The molecule has 0 radical (unpaired) electrons. The second-order valence-electron chi connectivity index (χ2n) is 12.8. The molecule has 12 heteroatoms. The van der Waals surface area contributed by atoms with Crippen LogP contribution in [0.15, 0.2) is 54.9 Å². The second kappa shape index (κ2) is 16.3. The maximum atomic E-state index is 12.4. The third-order valence-electron chi connectivity index (χ3n) is 9.05. The molecular weight excluding hydrogens is 659 g/mol. The van der Waals surface area contributed by atoms with Crippen LogP contribution >= 0.6 is 23.2 Å². The van der Waals surface area contributed by atoms with E-state index in [1.54, 1.807) is 6.20 Å². The van der Waals surface area contributed by atoms with Crippen molar-refractivity contribution in [3.8, 4) is 16.9 Å². The SMILES string of the molecule is CN(CCCCCc1cc(Cl)c(COC2(c3cnccc3-c3ccccc3OC3CC3)CC2)cc1Cl)C(=O)C(O)C(O)C(O)C(O)CO. The second-order valence-corrected chi connectivity index (χ2v) is 13.6. The van der Waals surface area contributed by atoms with Crippen LogP contribution < -0.4 is 4.74 Å². The first-order valence-electron chi connectivity index (χ1n) is 16.4. The highest BCUT2D eigenvalue weighted by molar-refractivity contribution is 6.34. The van der Waals surface area contributed by atoms with E-state index in [1.165, 1.54) is 11.9 Å². The standard InChI is InChI=1S/C36H44Cl2N2O8/c1-40(35(46)34(45)33(44)32(43)30(42)20-41)16-6-2-3-7-22-17-29(38)23(18-28(22)37)21-47-36(13-14-36)27-19-39-15-12-25(27)26-8-4-5-9-31(26)48-24-10-11-24/h4-5,8-9,12,15,17-19,24,30,32-34,41-45H,2-3,6-7,10-11,13-14,16,20-21H2,1H3. The smallest absolute Gasteiger partial charge is 0.253 e. The van der Waals surface area contributed by atoms with Crippen LogP contribution in [0.4, 0.5) is 0 Å². The molecule has 3 aromatic rings. The maximum Gasteiger partial charge on any atom is 0.253 e. The number of hydrogen-bond acceptors (Lipinski definition) is 9. The monoisotopic (exact) mass is 702 g/mol. The van der Waals surface area contributed by atoms with Crippen LogP contribution in [0.1, 0.15) is 61.6 Å². The van der Waals surface area contributed by atoms with Gasteiger partial charge >= 0.3 is 0 Å². The number of unbranched alkanes of at least 4 members (excludes halogenated alkanes) is 2. The van der Waals surface area contributed by atoms with Crippen LogP contribution in [0.5, 0.6) is 5.75 Å². The lowest BCUT2D eigenvalue weighted by Gasteiger charge is -2.28. The fourth-order valence-electron chi connectivity index (χ4n) is 5.75. The summed E-state index contributed by atoms with van der Waals surface area (Å²) in [5.41, 5.74) is 4.37. The highest BCUT2D eigenvalue weighted by Gasteiger charge is 2.48. The van der Waals surface area contributed by atoms with Gasteiger partial charge in [0.15, 0.2) is 6.10 Å². The van der Waals surface area contributed by atoms with E-state index in [-0.39, 0.29) is 6.10 Å². The summed E-state index contributed by atoms with van der Waals surface area (Å²) in [5, 5.41) is 49.4. The molecular formula is C36H44Cl2N2O8. The first-order valence-corrected chi connectivity index (χ1v) is 17.2. The Bertz CT molecular complexity index is 1550. The van der Waals surface area contributed by atoms with Crippen molar-refractivity contribution < 1.29 is 39.8 Å². The molecule has 0 bridgehead atoms. The zero-order valence-electron chi connectivity index (χ0n) is 27.0. The van der Waals surface area contributed by atoms with Crippen LogP contribution in [0, 0.1) is 0 Å². The molecule has 4 unspecified atom stereocenters. The average Bonchev–Trinajstić information content (AvgIpc) is 4.05. The Hall–Kier alpha value is -2.80. The van der Waals surface area contributed by atoms with Crippen molar-refractivity contribution >= 4 is 29.1 Å². The van der Waals surface area contributed by atoms with E-state index in [2.05, 4.69) is 11.1 Å². The van der Waals surface area contributed by atoms with Crippen molar-refractivity contribution in [2.45, 2.75) is 94.1 Å². The molecule has 2 aliphatic rings. The number of aromatic nitrogens is 1. The number of aliphatic hydroxyl groups is 5. The van der Waals surface area contributed by atoms with Gasteiger partial charge in [-0.15, -0.1) is 0 Å². The number of benzene rings is 2. The molecule has 2 aliphatic carbocycles. The van der Waals surface area contributed by atoms with Crippen LogP contribution in [0.2, 0.25) is 10.0 Å². The highest BCUT2D eigenvalue weighted by Crippen LogP contribution is 2.53. The Balaban J connectivity index is 1.13. The summed E-state index contributed by atoms with van der Waals surface area (Å²) < 4.78 is 12.8. The number of halogens is 2. The summed E-state index contributed by atoms with van der Waals surface area (Å²) in [4.78, 5) is 18.1. The van der Waals surface area contributed by atoms with Gasteiger partial charge in [-0.05, 0) is 85.9 Å². The molecule has 2 aromatic carbocycles. The maximum absolute atomic E-state index is 12.4. The average molecular weight is 704 g/mol. The Morgan fingerprint density at radius 2 is 1.69 bits per heavy atom. The molecule has 1 heterocycles. The minimum atomic E-state index is -1.93. The summed E-state index contributed by atoms with van der Waals surface area (Å²) in [6, 6.07) is 13.9. The van der Waals surface area contributed by atoms with E-state index in [1.807, 2.05) is 42.6 Å². The molecule has 10 nitrogen and oxygen atoms in total. The fourth-order valence-corrected chi connectivity index (χ4v) is 6.27. The molecule has 5 rings (SSSR count).